The molecule has 16 heavy (non-hydrogen) atoms. The van der Waals surface area contributed by atoms with E-state index in [4.69, 9.17) is 22.3 Å². The Bertz CT molecular complexity index is 188. The maximum atomic E-state index is 7.05. The number of rotatable bonds is 10. The fourth-order valence-corrected chi connectivity index (χ4v) is 3.18. The van der Waals surface area contributed by atoms with Crippen LogP contribution in [0.15, 0.2) is 0 Å². The molecule has 0 aromatic carbocycles. The van der Waals surface area contributed by atoms with Gasteiger partial charge in [-0.3, -0.25) is 10.8 Å². The Morgan fingerprint density at radius 2 is 1.62 bits per heavy atom. The molecule has 7 heteroatoms. The van der Waals surface area contributed by atoms with Gasteiger partial charge >= 0.3 is 0 Å². The lowest BCUT2D eigenvalue weighted by molar-refractivity contribution is 0.836. The summed E-state index contributed by atoms with van der Waals surface area (Å²) in [7, 11) is 3.70. The lowest BCUT2D eigenvalue weighted by Gasteiger charge is -2.03. The highest BCUT2D eigenvalue weighted by molar-refractivity contribution is 8.76. The summed E-state index contributed by atoms with van der Waals surface area (Å²) in [5, 5.41) is 16.8. The minimum atomic E-state index is 0.0434. The quantitative estimate of drug-likeness (QED) is 0.177. The second kappa shape index (κ2) is 10.9. The molecule has 0 fully saturated rings. The van der Waals surface area contributed by atoms with Crippen molar-refractivity contribution in [3.05, 3.63) is 0 Å². The van der Waals surface area contributed by atoms with E-state index in [-0.39, 0.29) is 11.8 Å². The van der Waals surface area contributed by atoms with E-state index in [1.165, 1.54) is 0 Å². The Balaban J connectivity index is 2.98. The van der Waals surface area contributed by atoms with Crippen LogP contribution in [-0.2, 0) is 0 Å². The topological polar surface area (TPSA) is 112 Å². The normalized spacial score (nSPS) is 10.0. The maximum Gasteiger partial charge on any atom is 0.185 e. The van der Waals surface area contributed by atoms with Crippen molar-refractivity contribution < 1.29 is 0 Å². The van der Waals surface area contributed by atoms with Gasteiger partial charge in [-0.05, 0) is 19.3 Å². The van der Waals surface area contributed by atoms with E-state index in [9.17, 15) is 0 Å². The third-order valence-electron chi connectivity index (χ3n) is 1.73. The molecular weight excluding hydrogens is 242 g/mol. The summed E-state index contributed by atoms with van der Waals surface area (Å²) in [6, 6.07) is 0. The molecule has 0 amide bonds. The average Bonchev–Trinajstić information content (AvgIpc) is 2.20. The largest absolute Gasteiger partial charge is 0.388 e. The molecule has 0 rings (SSSR count). The Kier molecular flexibility index (Phi) is 10.6. The Morgan fingerprint density at radius 1 is 1.00 bits per heavy atom. The first-order chi connectivity index (χ1) is 7.63. The number of nitrogens with one attached hydrogen (secondary N) is 3. The minimum Gasteiger partial charge on any atom is -0.388 e. The molecule has 0 aliphatic rings. The van der Waals surface area contributed by atoms with E-state index in [0.29, 0.717) is 6.42 Å². The SMILES string of the molecule is N=C(N)CCCCSSCCCNC(=N)N. The monoisotopic (exact) mass is 263 g/mol. The molecule has 0 spiro atoms. The molecule has 0 unspecified atom stereocenters. The molecule has 0 aromatic heterocycles. The van der Waals surface area contributed by atoms with Gasteiger partial charge in [-0.25, -0.2) is 0 Å². The van der Waals surface area contributed by atoms with Crippen molar-refractivity contribution in [1.82, 2.24) is 5.32 Å². The number of hydrogen-bond donors (Lipinski definition) is 5. The molecule has 0 atom stereocenters. The molecule has 5 nitrogen and oxygen atoms in total. The molecule has 0 aromatic rings. The summed E-state index contributed by atoms with van der Waals surface area (Å²) in [6.45, 7) is 0.771. The van der Waals surface area contributed by atoms with Crippen LogP contribution in [0.5, 0.6) is 0 Å². The number of guanidine groups is 1. The van der Waals surface area contributed by atoms with E-state index >= 15 is 0 Å². The fraction of sp³-hybridized carbons (Fsp3) is 0.778. The molecule has 0 saturated heterocycles. The highest BCUT2D eigenvalue weighted by atomic mass is 33.1. The van der Waals surface area contributed by atoms with Gasteiger partial charge < -0.3 is 16.8 Å². The molecule has 7 N–H and O–H groups in total. The molecule has 0 heterocycles. The van der Waals surface area contributed by atoms with Crippen LogP contribution in [0.4, 0.5) is 0 Å². The van der Waals surface area contributed by atoms with Crippen LogP contribution >= 0.6 is 21.6 Å². The van der Waals surface area contributed by atoms with E-state index in [1.807, 2.05) is 21.6 Å². The third kappa shape index (κ3) is 13.4. The van der Waals surface area contributed by atoms with Crippen LogP contribution in [-0.4, -0.2) is 29.8 Å². The van der Waals surface area contributed by atoms with Crippen LogP contribution in [0.2, 0.25) is 0 Å². The van der Waals surface area contributed by atoms with Gasteiger partial charge in [0.25, 0.3) is 0 Å². The summed E-state index contributed by atoms with van der Waals surface area (Å²) >= 11 is 0. The van der Waals surface area contributed by atoms with Crippen molar-refractivity contribution in [1.29, 1.82) is 10.8 Å². The van der Waals surface area contributed by atoms with Gasteiger partial charge in [0.1, 0.15) is 0 Å². The number of nitrogens with two attached hydrogens (primary N) is 2. The van der Waals surface area contributed by atoms with Crippen LogP contribution < -0.4 is 16.8 Å². The zero-order valence-electron chi connectivity index (χ0n) is 9.42. The molecular formula is C9H21N5S2. The highest BCUT2D eigenvalue weighted by Gasteiger charge is 1.94. The number of hydrogen-bond acceptors (Lipinski definition) is 4. The van der Waals surface area contributed by atoms with Crippen LogP contribution in [0.3, 0.4) is 0 Å². The summed E-state index contributed by atoms with van der Waals surface area (Å²) in [4.78, 5) is 0. The van der Waals surface area contributed by atoms with Crippen molar-refractivity contribution in [2.45, 2.75) is 25.7 Å². The molecule has 0 radical (unpaired) electrons. The third-order valence-corrected chi connectivity index (χ3v) is 4.30. The van der Waals surface area contributed by atoms with Gasteiger partial charge in [-0.2, -0.15) is 0 Å². The second-order valence-electron chi connectivity index (χ2n) is 3.32. The van der Waals surface area contributed by atoms with Crippen LogP contribution in [0.1, 0.15) is 25.7 Å². The van der Waals surface area contributed by atoms with E-state index < -0.39 is 0 Å². The molecule has 0 saturated carbocycles. The van der Waals surface area contributed by atoms with Crippen LogP contribution in [0.25, 0.3) is 0 Å². The lowest BCUT2D eigenvalue weighted by Crippen LogP contribution is -2.31. The number of amidine groups is 1. The molecule has 94 valence electrons. The fourth-order valence-electron chi connectivity index (χ4n) is 0.948. The summed E-state index contributed by atoms with van der Waals surface area (Å²) in [5.41, 5.74) is 10.4. The summed E-state index contributed by atoms with van der Waals surface area (Å²) in [6.07, 6.45) is 3.86. The van der Waals surface area contributed by atoms with Gasteiger partial charge in [-0.1, -0.05) is 21.6 Å². The summed E-state index contributed by atoms with van der Waals surface area (Å²) in [5.74, 6) is 2.50. The second-order valence-corrected chi connectivity index (χ2v) is 6.02. The summed E-state index contributed by atoms with van der Waals surface area (Å²) < 4.78 is 0. The van der Waals surface area contributed by atoms with Crippen molar-refractivity contribution in [3.63, 3.8) is 0 Å². The molecule has 0 bridgehead atoms. The van der Waals surface area contributed by atoms with E-state index in [2.05, 4.69) is 5.32 Å². The van der Waals surface area contributed by atoms with Gasteiger partial charge in [0.05, 0.1) is 5.84 Å². The maximum absolute atomic E-state index is 7.05. The van der Waals surface area contributed by atoms with Crippen LogP contribution in [0, 0.1) is 10.8 Å². The van der Waals surface area contributed by atoms with Crippen molar-refractivity contribution in [3.8, 4) is 0 Å². The molecule has 0 aliphatic carbocycles. The first-order valence-electron chi connectivity index (χ1n) is 5.28. The first-order valence-corrected chi connectivity index (χ1v) is 7.77. The minimum absolute atomic E-state index is 0.0434. The molecule has 0 aliphatic heterocycles. The van der Waals surface area contributed by atoms with Gasteiger partial charge in [0.15, 0.2) is 5.96 Å². The van der Waals surface area contributed by atoms with E-state index in [0.717, 1.165) is 37.3 Å². The zero-order chi connectivity index (χ0) is 12.2. The van der Waals surface area contributed by atoms with Gasteiger partial charge in [0, 0.05) is 24.5 Å². The number of unbranched alkanes of at least 4 members (excludes halogenated alkanes) is 1. The lowest BCUT2D eigenvalue weighted by atomic mass is 10.2. The predicted molar refractivity (Wildman–Crippen MR) is 75.2 cm³/mol. The van der Waals surface area contributed by atoms with Crippen molar-refractivity contribution in [2.24, 2.45) is 11.5 Å². The zero-order valence-corrected chi connectivity index (χ0v) is 11.1. The smallest absolute Gasteiger partial charge is 0.185 e. The van der Waals surface area contributed by atoms with Gasteiger partial charge in [-0.15, -0.1) is 0 Å². The predicted octanol–water partition coefficient (Wildman–Crippen LogP) is 1.35. The average molecular weight is 263 g/mol. The van der Waals surface area contributed by atoms with Crippen molar-refractivity contribution in [2.75, 3.05) is 18.1 Å². The Morgan fingerprint density at radius 3 is 2.19 bits per heavy atom. The standard InChI is InChI=1S/C9H21N5S2/c10-8(11)4-1-2-6-15-16-7-3-5-14-9(12)13/h1-7H2,(H3,10,11)(H4,12,13,14). The Labute approximate surface area is 105 Å². The van der Waals surface area contributed by atoms with E-state index in [1.54, 1.807) is 0 Å². The van der Waals surface area contributed by atoms with Crippen molar-refractivity contribution >= 4 is 33.4 Å². The van der Waals surface area contributed by atoms with Gasteiger partial charge in [0.2, 0.25) is 0 Å². The first kappa shape index (κ1) is 15.4. The Hall–Kier alpha value is -0.560. The highest BCUT2D eigenvalue weighted by Crippen LogP contribution is 2.23.